The number of aryl methyl sites for hydroxylation is 1. The quantitative estimate of drug-likeness (QED) is 0.757. The largest absolute Gasteiger partial charge is 0.465 e. The van der Waals surface area contributed by atoms with Crippen LogP contribution in [0, 0.1) is 13.8 Å². The second-order valence-electron chi connectivity index (χ2n) is 5.98. The molecule has 2 amide bonds. The van der Waals surface area contributed by atoms with Crippen molar-refractivity contribution in [2.75, 3.05) is 12.4 Å². The molecule has 7 heteroatoms. The number of thiophene rings is 1. The zero-order valence-electron chi connectivity index (χ0n) is 15.2. The van der Waals surface area contributed by atoms with Crippen molar-refractivity contribution in [3.05, 3.63) is 51.4 Å². The standard InChI is InChI=1S/C19H22N2O4S/c1-5-13(12-8-6-7-10(2)9-12)17(23)21-18-14(19(24)25-4)11(3)15(26-18)16(20)22/h6-9,13H,5H2,1-4H3,(H2,20,22)(H,21,23). The average molecular weight is 374 g/mol. The molecule has 3 N–H and O–H groups in total. The highest BCUT2D eigenvalue weighted by Gasteiger charge is 2.27. The van der Waals surface area contributed by atoms with E-state index in [1.54, 1.807) is 6.92 Å². The number of rotatable bonds is 6. The number of benzene rings is 1. The molecule has 6 nitrogen and oxygen atoms in total. The minimum Gasteiger partial charge on any atom is -0.465 e. The van der Waals surface area contributed by atoms with E-state index >= 15 is 0 Å². The van der Waals surface area contributed by atoms with Crippen LogP contribution >= 0.6 is 11.3 Å². The van der Waals surface area contributed by atoms with Gasteiger partial charge in [-0.2, -0.15) is 0 Å². The van der Waals surface area contributed by atoms with Gasteiger partial charge in [0.05, 0.1) is 23.5 Å². The van der Waals surface area contributed by atoms with E-state index in [0.717, 1.165) is 22.5 Å². The van der Waals surface area contributed by atoms with Gasteiger partial charge in [0.25, 0.3) is 5.91 Å². The third kappa shape index (κ3) is 3.94. The number of anilines is 1. The van der Waals surface area contributed by atoms with Crippen LogP contribution in [0.2, 0.25) is 0 Å². The van der Waals surface area contributed by atoms with Gasteiger partial charge in [-0.1, -0.05) is 36.8 Å². The third-order valence-corrected chi connectivity index (χ3v) is 5.39. The molecule has 138 valence electrons. The SMILES string of the molecule is CCC(C(=O)Nc1sc(C(N)=O)c(C)c1C(=O)OC)c1cccc(C)c1. The summed E-state index contributed by atoms with van der Waals surface area (Å²) in [7, 11) is 1.25. The Bertz CT molecular complexity index is 857. The van der Waals surface area contributed by atoms with E-state index in [1.807, 2.05) is 38.1 Å². The summed E-state index contributed by atoms with van der Waals surface area (Å²) in [5.41, 5.74) is 7.90. The van der Waals surface area contributed by atoms with Crippen LogP contribution in [-0.4, -0.2) is 24.9 Å². The molecule has 0 saturated heterocycles. The lowest BCUT2D eigenvalue weighted by atomic mass is 9.94. The Hall–Kier alpha value is -2.67. The van der Waals surface area contributed by atoms with Crippen molar-refractivity contribution >= 4 is 34.1 Å². The number of hydrogen-bond acceptors (Lipinski definition) is 5. The van der Waals surface area contributed by atoms with Crippen molar-refractivity contribution in [2.24, 2.45) is 5.73 Å². The van der Waals surface area contributed by atoms with Crippen molar-refractivity contribution in [3.63, 3.8) is 0 Å². The molecule has 26 heavy (non-hydrogen) atoms. The number of ether oxygens (including phenoxy) is 1. The zero-order chi connectivity index (χ0) is 19.4. The van der Waals surface area contributed by atoms with Gasteiger partial charge in [0.15, 0.2) is 0 Å². The van der Waals surface area contributed by atoms with Gasteiger partial charge in [-0.05, 0) is 31.4 Å². The van der Waals surface area contributed by atoms with E-state index in [0.29, 0.717) is 12.0 Å². The summed E-state index contributed by atoms with van der Waals surface area (Å²) >= 11 is 0.985. The van der Waals surface area contributed by atoms with Crippen molar-refractivity contribution in [1.82, 2.24) is 0 Å². The lowest BCUT2D eigenvalue weighted by molar-refractivity contribution is -0.117. The Morgan fingerprint density at radius 1 is 1.27 bits per heavy atom. The molecule has 2 rings (SSSR count). The monoisotopic (exact) mass is 374 g/mol. The van der Waals surface area contributed by atoms with Gasteiger partial charge in [-0.15, -0.1) is 11.3 Å². The number of methoxy groups -OCH3 is 1. The summed E-state index contributed by atoms with van der Waals surface area (Å²) < 4.78 is 4.78. The summed E-state index contributed by atoms with van der Waals surface area (Å²) in [4.78, 5) is 36.8. The number of carbonyl (C=O) groups is 3. The summed E-state index contributed by atoms with van der Waals surface area (Å²) in [5.74, 6) is -1.89. The van der Waals surface area contributed by atoms with E-state index in [2.05, 4.69) is 5.32 Å². The number of primary amides is 1. The molecule has 1 aromatic carbocycles. The van der Waals surface area contributed by atoms with Gasteiger partial charge in [-0.3, -0.25) is 9.59 Å². The molecule has 0 aliphatic rings. The van der Waals surface area contributed by atoms with Crippen molar-refractivity contribution in [1.29, 1.82) is 0 Å². The molecule has 0 fully saturated rings. The van der Waals surface area contributed by atoms with Crippen LogP contribution in [0.5, 0.6) is 0 Å². The highest BCUT2D eigenvalue weighted by molar-refractivity contribution is 7.18. The van der Waals surface area contributed by atoms with Crippen molar-refractivity contribution in [3.8, 4) is 0 Å². The van der Waals surface area contributed by atoms with Crippen LogP contribution in [0.4, 0.5) is 5.00 Å². The van der Waals surface area contributed by atoms with E-state index in [4.69, 9.17) is 10.5 Å². The highest BCUT2D eigenvalue weighted by Crippen LogP contribution is 2.34. The zero-order valence-corrected chi connectivity index (χ0v) is 16.0. The van der Waals surface area contributed by atoms with E-state index in [-0.39, 0.29) is 27.3 Å². The predicted octanol–water partition coefficient (Wildman–Crippen LogP) is 3.38. The molecule has 1 aromatic heterocycles. The van der Waals surface area contributed by atoms with E-state index < -0.39 is 11.9 Å². The predicted molar refractivity (Wildman–Crippen MR) is 102 cm³/mol. The number of esters is 1. The smallest absolute Gasteiger partial charge is 0.341 e. The topological polar surface area (TPSA) is 98.5 Å². The van der Waals surface area contributed by atoms with Crippen LogP contribution in [0.15, 0.2) is 24.3 Å². The normalized spacial score (nSPS) is 11.7. The Kier molecular flexibility index (Phi) is 6.15. The van der Waals surface area contributed by atoms with Gasteiger partial charge < -0.3 is 15.8 Å². The number of hydrogen-bond donors (Lipinski definition) is 2. The Morgan fingerprint density at radius 2 is 1.96 bits per heavy atom. The Morgan fingerprint density at radius 3 is 2.50 bits per heavy atom. The molecule has 0 radical (unpaired) electrons. The minimum atomic E-state index is -0.649. The molecule has 0 aliphatic heterocycles. The van der Waals surface area contributed by atoms with Crippen molar-refractivity contribution < 1.29 is 19.1 Å². The molecule has 0 saturated carbocycles. The second kappa shape index (κ2) is 8.14. The van der Waals surface area contributed by atoms with Gasteiger partial charge >= 0.3 is 5.97 Å². The minimum absolute atomic E-state index is 0.166. The molecule has 0 aliphatic carbocycles. The van der Waals surface area contributed by atoms with Gasteiger partial charge in [-0.25, -0.2) is 4.79 Å². The van der Waals surface area contributed by atoms with Crippen LogP contribution in [0.25, 0.3) is 0 Å². The van der Waals surface area contributed by atoms with Crippen LogP contribution in [0.3, 0.4) is 0 Å². The molecule has 1 atom stereocenters. The summed E-state index contributed by atoms with van der Waals surface area (Å²) in [6, 6.07) is 7.73. The fraction of sp³-hybridized carbons (Fsp3) is 0.316. The first-order valence-corrected chi connectivity index (χ1v) is 9.00. The average Bonchev–Trinajstić information content (AvgIpc) is 2.91. The first-order valence-electron chi connectivity index (χ1n) is 8.19. The lowest BCUT2D eigenvalue weighted by Crippen LogP contribution is -2.21. The van der Waals surface area contributed by atoms with Crippen LogP contribution < -0.4 is 11.1 Å². The fourth-order valence-electron chi connectivity index (χ4n) is 2.84. The van der Waals surface area contributed by atoms with Gasteiger partial charge in [0.2, 0.25) is 5.91 Å². The molecule has 1 heterocycles. The molecular formula is C19H22N2O4S. The summed E-state index contributed by atoms with van der Waals surface area (Å²) in [6.07, 6.45) is 0.593. The highest BCUT2D eigenvalue weighted by atomic mass is 32.1. The van der Waals surface area contributed by atoms with Gasteiger partial charge in [0, 0.05) is 0 Å². The Labute approximate surface area is 156 Å². The lowest BCUT2D eigenvalue weighted by Gasteiger charge is -2.16. The first-order chi connectivity index (χ1) is 12.3. The molecule has 2 aromatic rings. The fourth-order valence-corrected chi connectivity index (χ4v) is 3.89. The maximum Gasteiger partial charge on any atom is 0.341 e. The maximum atomic E-state index is 12.8. The van der Waals surface area contributed by atoms with E-state index in [9.17, 15) is 14.4 Å². The molecular weight excluding hydrogens is 352 g/mol. The first kappa shape index (κ1) is 19.7. The Balaban J connectivity index is 2.40. The van der Waals surface area contributed by atoms with Gasteiger partial charge in [0.1, 0.15) is 5.00 Å². The maximum absolute atomic E-state index is 12.8. The summed E-state index contributed by atoms with van der Waals surface area (Å²) in [5, 5.41) is 3.06. The molecule has 0 bridgehead atoms. The molecule has 0 spiro atoms. The number of amides is 2. The number of nitrogens with one attached hydrogen (secondary N) is 1. The summed E-state index contributed by atoms with van der Waals surface area (Å²) in [6.45, 7) is 5.49. The number of nitrogens with two attached hydrogens (primary N) is 1. The third-order valence-electron chi connectivity index (χ3n) is 4.17. The molecule has 1 unspecified atom stereocenters. The second-order valence-corrected chi connectivity index (χ2v) is 7.00. The van der Waals surface area contributed by atoms with E-state index in [1.165, 1.54) is 7.11 Å². The number of carbonyl (C=O) groups excluding carboxylic acids is 3. The van der Waals surface area contributed by atoms with Crippen LogP contribution in [-0.2, 0) is 9.53 Å². The van der Waals surface area contributed by atoms with Crippen LogP contribution in [0.1, 0.15) is 56.0 Å². The van der Waals surface area contributed by atoms with Crippen molar-refractivity contribution in [2.45, 2.75) is 33.1 Å².